The quantitative estimate of drug-likeness (QED) is 0.682. The smallest absolute Gasteiger partial charge is 0.314 e. The Bertz CT molecular complexity index is 578. The lowest BCUT2D eigenvalue weighted by atomic mass is 10.0. The highest BCUT2D eigenvalue weighted by molar-refractivity contribution is 5.73. The second kappa shape index (κ2) is 9.53. The van der Waals surface area contributed by atoms with Gasteiger partial charge in [-0.15, -0.1) is 0 Å². The summed E-state index contributed by atoms with van der Waals surface area (Å²) in [5, 5.41) is 15.0. The Labute approximate surface area is 136 Å². The van der Waals surface area contributed by atoms with E-state index in [1.165, 1.54) is 0 Å². The molecule has 0 aromatic carbocycles. The van der Waals surface area contributed by atoms with Crippen LogP contribution in [0.4, 0.5) is 4.79 Å². The molecule has 6 nitrogen and oxygen atoms in total. The van der Waals surface area contributed by atoms with Gasteiger partial charge in [0.1, 0.15) is 0 Å². The average Bonchev–Trinajstić information content (AvgIpc) is 2.60. The van der Waals surface area contributed by atoms with E-state index in [9.17, 15) is 9.90 Å². The van der Waals surface area contributed by atoms with E-state index in [0.717, 1.165) is 17.7 Å². The summed E-state index contributed by atoms with van der Waals surface area (Å²) in [4.78, 5) is 20.0. The molecule has 0 saturated carbocycles. The Kier molecular flexibility index (Phi) is 7.00. The highest BCUT2D eigenvalue weighted by Crippen LogP contribution is 2.04. The summed E-state index contributed by atoms with van der Waals surface area (Å²) >= 11 is 0. The van der Waals surface area contributed by atoms with Gasteiger partial charge >= 0.3 is 6.03 Å². The van der Waals surface area contributed by atoms with E-state index in [4.69, 9.17) is 0 Å². The third-order valence-corrected chi connectivity index (χ3v) is 3.46. The molecule has 0 bridgehead atoms. The number of urea groups is 1. The average molecular weight is 314 g/mol. The van der Waals surface area contributed by atoms with Crippen molar-refractivity contribution in [1.29, 1.82) is 0 Å². The Morgan fingerprint density at radius 2 is 2.09 bits per heavy atom. The van der Waals surface area contributed by atoms with Crippen LogP contribution in [0.3, 0.4) is 0 Å². The van der Waals surface area contributed by atoms with Gasteiger partial charge in [-0.3, -0.25) is 9.97 Å². The third-order valence-electron chi connectivity index (χ3n) is 3.46. The first-order chi connectivity index (χ1) is 11.3. The molecule has 0 radical (unpaired) electrons. The number of hydrogen-bond acceptors (Lipinski definition) is 4. The Morgan fingerprint density at radius 1 is 1.17 bits per heavy atom. The molecule has 6 heteroatoms. The van der Waals surface area contributed by atoms with Crippen molar-refractivity contribution < 1.29 is 9.90 Å². The van der Waals surface area contributed by atoms with E-state index in [2.05, 4.69) is 20.6 Å². The number of amides is 2. The molecule has 1 atom stereocenters. The van der Waals surface area contributed by atoms with Gasteiger partial charge in [-0.05, 0) is 36.6 Å². The maximum absolute atomic E-state index is 11.8. The third kappa shape index (κ3) is 6.44. The van der Waals surface area contributed by atoms with Crippen molar-refractivity contribution in [2.45, 2.75) is 12.8 Å². The van der Waals surface area contributed by atoms with Gasteiger partial charge in [-0.2, -0.15) is 0 Å². The minimum atomic E-state index is -0.228. The molecule has 0 aliphatic rings. The van der Waals surface area contributed by atoms with Crippen LogP contribution in [-0.2, 0) is 12.8 Å². The molecule has 2 rings (SSSR count). The molecule has 1 unspecified atom stereocenters. The van der Waals surface area contributed by atoms with Crippen LogP contribution < -0.4 is 10.6 Å². The Morgan fingerprint density at radius 3 is 2.78 bits per heavy atom. The number of aliphatic hydroxyl groups is 1. The molecule has 23 heavy (non-hydrogen) atoms. The lowest BCUT2D eigenvalue weighted by molar-refractivity contribution is 0.213. The second-order valence-electron chi connectivity index (χ2n) is 5.32. The highest BCUT2D eigenvalue weighted by Gasteiger charge is 2.11. The number of nitrogens with one attached hydrogen (secondary N) is 2. The number of aliphatic hydroxyl groups excluding tert-OH is 1. The summed E-state index contributed by atoms with van der Waals surface area (Å²) in [6, 6.07) is 9.30. The number of hydrogen-bond donors (Lipinski definition) is 3. The van der Waals surface area contributed by atoms with E-state index < -0.39 is 0 Å². The molecule has 2 aromatic heterocycles. The maximum Gasteiger partial charge on any atom is 0.314 e. The monoisotopic (exact) mass is 314 g/mol. The summed E-state index contributed by atoms with van der Waals surface area (Å²) in [6.45, 7) is 0.958. The van der Waals surface area contributed by atoms with Crippen LogP contribution in [0.1, 0.15) is 11.3 Å². The standard InChI is InChI=1S/C17H22N4O2/c22-13-15(10-16-5-1-2-8-19-16)12-21-17(23)20-9-6-14-4-3-7-18-11-14/h1-5,7-8,11,15,22H,6,9-10,12-13H2,(H2,20,21,23). The van der Waals surface area contributed by atoms with Crippen LogP contribution in [0.5, 0.6) is 0 Å². The summed E-state index contributed by atoms with van der Waals surface area (Å²) < 4.78 is 0. The summed E-state index contributed by atoms with van der Waals surface area (Å²) in [5.41, 5.74) is 1.99. The summed E-state index contributed by atoms with van der Waals surface area (Å²) in [7, 11) is 0. The summed E-state index contributed by atoms with van der Waals surface area (Å²) in [5.74, 6) is -0.0472. The molecule has 122 valence electrons. The van der Waals surface area contributed by atoms with E-state index in [-0.39, 0.29) is 18.6 Å². The van der Waals surface area contributed by atoms with Crippen molar-refractivity contribution in [1.82, 2.24) is 20.6 Å². The van der Waals surface area contributed by atoms with Gasteiger partial charge in [0.2, 0.25) is 0 Å². The van der Waals surface area contributed by atoms with Crippen LogP contribution in [0, 0.1) is 5.92 Å². The second-order valence-corrected chi connectivity index (χ2v) is 5.32. The molecule has 0 spiro atoms. The van der Waals surface area contributed by atoms with Crippen LogP contribution in [0.25, 0.3) is 0 Å². The summed E-state index contributed by atoms with van der Waals surface area (Å²) in [6.07, 6.45) is 6.60. The minimum absolute atomic E-state index is 0.00649. The molecule has 0 fully saturated rings. The molecule has 2 aromatic rings. The lowest BCUT2D eigenvalue weighted by Gasteiger charge is -2.15. The fraction of sp³-hybridized carbons (Fsp3) is 0.353. The van der Waals surface area contributed by atoms with Crippen molar-refractivity contribution in [2.75, 3.05) is 19.7 Å². The van der Waals surface area contributed by atoms with Gasteiger partial charge < -0.3 is 15.7 Å². The zero-order valence-corrected chi connectivity index (χ0v) is 13.0. The van der Waals surface area contributed by atoms with Gasteiger partial charge in [0.15, 0.2) is 0 Å². The largest absolute Gasteiger partial charge is 0.396 e. The number of rotatable bonds is 8. The van der Waals surface area contributed by atoms with Crippen molar-refractivity contribution in [2.24, 2.45) is 5.92 Å². The number of aromatic nitrogens is 2. The first-order valence-electron chi connectivity index (χ1n) is 7.69. The van der Waals surface area contributed by atoms with Crippen molar-refractivity contribution in [3.05, 3.63) is 60.2 Å². The SMILES string of the molecule is O=C(NCCc1cccnc1)NCC(CO)Cc1ccccn1. The van der Waals surface area contributed by atoms with Crippen LogP contribution in [0.15, 0.2) is 48.9 Å². The highest BCUT2D eigenvalue weighted by atomic mass is 16.3. The van der Waals surface area contributed by atoms with Gasteiger partial charge in [0.25, 0.3) is 0 Å². The molecule has 2 heterocycles. The van der Waals surface area contributed by atoms with Gasteiger partial charge in [-0.25, -0.2) is 4.79 Å². The van der Waals surface area contributed by atoms with Crippen molar-refractivity contribution in [3.8, 4) is 0 Å². The zero-order valence-electron chi connectivity index (χ0n) is 13.0. The molecular formula is C17H22N4O2. The lowest BCUT2D eigenvalue weighted by Crippen LogP contribution is -2.40. The van der Waals surface area contributed by atoms with E-state index in [1.807, 2.05) is 30.3 Å². The van der Waals surface area contributed by atoms with Crippen molar-refractivity contribution >= 4 is 6.03 Å². The topological polar surface area (TPSA) is 87.1 Å². The molecule has 0 aliphatic carbocycles. The van der Waals surface area contributed by atoms with Crippen molar-refractivity contribution in [3.63, 3.8) is 0 Å². The Hall–Kier alpha value is -2.47. The molecule has 0 saturated heterocycles. The zero-order chi connectivity index (χ0) is 16.3. The molecular weight excluding hydrogens is 292 g/mol. The van der Waals surface area contributed by atoms with E-state index in [0.29, 0.717) is 19.5 Å². The predicted molar refractivity (Wildman–Crippen MR) is 87.9 cm³/mol. The van der Waals surface area contributed by atoms with Gasteiger partial charge in [0.05, 0.1) is 0 Å². The molecule has 3 N–H and O–H groups in total. The van der Waals surface area contributed by atoms with Crippen LogP contribution in [-0.4, -0.2) is 40.8 Å². The number of pyridine rings is 2. The number of nitrogens with zero attached hydrogens (tertiary/aromatic N) is 2. The van der Waals surface area contributed by atoms with Crippen LogP contribution >= 0.6 is 0 Å². The van der Waals surface area contributed by atoms with Gasteiger partial charge in [0, 0.05) is 49.9 Å². The van der Waals surface area contributed by atoms with Crippen LogP contribution in [0.2, 0.25) is 0 Å². The minimum Gasteiger partial charge on any atom is -0.396 e. The number of carbonyl (C=O) groups is 1. The normalized spacial score (nSPS) is 11.7. The number of carbonyl (C=O) groups excluding carboxylic acids is 1. The first-order valence-corrected chi connectivity index (χ1v) is 7.69. The van der Waals surface area contributed by atoms with E-state index >= 15 is 0 Å². The molecule has 0 aliphatic heterocycles. The van der Waals surface area contributed by atoms with E-state index in [1.54, 1.807) is 18.6 Å². The fourth-order valence-corrected chi connectivity index (χ4v) is 2.18. The molecule has 2 amide bonds. The van der Waals surface area contributed by atoms with Gasteiger partial charge in [-0.1, -0.05) is 12.1 Å². The predicted octanol–water partition coefficient (Wildman–Crippen LogP) is 1.17. The fourth-order valence-electron chi connectivity index (χ4n) is 2.18. The first kappa shape index (κ1) is 16.9. The maximum atomic E-state index is 11.8. The Balaban J connectivity index is 1.66.